The monoisotopic (exact) mass is 533 g/mol. The second-order valence-electron chi connectivity index (χ2n) is 9.37. The van der Waals surface area contributed by atoms with Gasteiger partial charge in [-0.1, -0.05) is 18.2 Å². The molecule has 9 nitrogen and oxygen atoms in total. The number of benzene rings is 3. The number of ether oxygens (including phenoxy) is 3. The Bertz CT molecular complexity index is 1380. The normalized spacial score (nSPS) is 19.5. The number of hydrogen-bond donors (Lipinski definition) is 2. The molecule has 0 saturated carbocycles. The highest BCUT2D eigenvalue weighted by Gasteiger charge is 2.34. The summed E-state index contributed by atoms with van der Waals surface area (Å²) in [5, 5.41) is 5.68. The minimum absolute atomic E-state index is 0.0688. The molecular formula is C29H28FN3O6. The van der Waals surface area contributed by atoms with Crippen molar-refractivity contribution in [2.45, 2.75) is 25.1 Å². The second-order valence-corrected chi connectivity index (χ2v) is 9.37. The summed E-state index contributed by atoms with van der Waals surface area (Å²) < 4.78 is 31.7. The molecule has 0 aliphatic carbocycles. The number of hydrogen-bond acceptors (Lipinski definition) is 6. The van der Waals surface area contributed by atoms with Crippen molar-refractivity contribution < 1.29 is 33.0 Å². The molecule has 4 bridgehead atoms. The van der Waals surface area contributed by atoms with Crippen molar-refractivity contribution >= 4 is 17.7 Å². The van der Waals surface area contributed by atoms with Gasteiger partial charge in [0.25, 0.3) is 17.7 Å². The lowest BCUT2D eigenvalue weighted by Gasteiger charge is -2.39. The van der Waals surface area contributed by atoms with Gasteiger partial charge in [-0.05, 0) is 48.0 Å². The zero-order valence-corrected chi connectivity index (χ0v) is 21.3. The molecule has 2 atom stereocenters. The van der Waals surface area contributed by atoms with Gasteiger partial charge in [0.1, 0.15) is 17.7 Å². The van der Waals surface area contributed by atoms with Gasteiger partial charge >= 0.3 is 0 Å². The summed E-state index contributed by atoms with van der Waals surface area (Å²) in [6.45, 7) is 0.297. The van der Waals surface area contributed by atoms with Crippen LogP contribution in [0.3, 0.4) is 0 Å². The van der Waals surface area contributed by atoms with Gasteiger partial charge in [0.05, 0.1) is 13.2 Å². The maximum absolute atomic E-state index is 14.5. The van der Waals surface area contributed by atoms with E-state index in [4.69, 9.17) is 14.2 Å². The topological polar surface area (TPSA) is 106 Å². The number of carbonyl (C=O) groups excluding carboxylic acids is 3. The standard InChI is InChI=1S/C29H28FN3O6/c1-37-25-8-7-20-13-26(25)38-17-27(34)32-23-16-33(29(36)19-5-3-2-4-6-19)10-9-24(23)39-22-12-18(11-21(30)14-22)15-31-28(20)35/h2-8,11-14,23-24H,9-10,15-17H2,1H3,(H,31,35)(H,32,34)/t23-,24+/m1/s1. The summed E-state index contributed by atoms with van der Waals surface area (Å²) >= 11 is 0. The molecule has 0 radical (unpaired) electrons. The number of likely N-dealkylation sites (tertiary alicyclic amines) is 1. The van der Waals surface area contributed by atoms with Crippen molar-refractivity contribution in [1.29, 1.82) is 0 Å². The van der Waals surface area contributed by atoms with E-state index in [1.807, 2.05) is 6.07 Å². The first kappa shape index (κ1) is 26.0. The summed E-state index contributed by atoms with van der Waals surface area (Å²) in [5.74, 6) is -0.687. The van der Waals surface area contributed by atoms with Gasteiger partial charge in [0, 0.05) is 43.2 Å². The molecule has 3 aromatic carbocycles. The third kappa shape index (κ3) is 6.11. The predicted octanol–water partition coefficient (Wildman–Crippen LogP) is 2.94. The van der Waals surface area contributed by atoms with E-state index in [1.165, 1.54) is 25.3 Å². The lowest BCUT2D eigenvalue weighted by Crippen LogP contribution is -2.58. The minimum atomic E-state index is -0.588. The Kier molecular flexibility index (Phi) is 7.62. The third-order valence-electron chi connectivity index (χ3n) is 6.66. The molecule has 0 aromatic heterocycles. The Hall–Kier alpha value is -4.60. The molecule has 1 saturated heterocycles. The number of fused-ring (bicyclic) bond motifs is 5. The predicted molar refractivity (Wildman–Crippen MR) is 139 cm³/mol. The zero-order valence-electron chi connectivity index (χ0n) is 21.3. The molecule has 2 aliphatic heterocycles. The van der Waals surface area contributed by atoms with Crippen LogP contribution in [-0.4, -0.2) is 61.6 Å². The fourth-order valence-electron chi connectivity index (χ4n) is 4.73. The molecule has 202 valence electrons. The van der Waals surface area contributed by atoms with Crippen molar-refractivity contribution in [2.24, 2.45) is 0 Å². The number of nitrogens with one attached hydrogen (secondary N) is 2. The van der Waals surface area contributed by atoms with E-state index in [0.717, 1.165) is 0 Å². The largest absolute Gasteiger partial charge is 0.493 e. The van der Waals surface area contributed by atoms with Crippen LogP contribution in [0.1, 0.15) is 32.7 Å². The Labute approximate surface area is 224 Å². The Morgan fingerprint density at radius 2 is 1.90 bits per heavy atom. The highest BCUT2D eigenvalue weighted by atomic mass is 19.1. The molecule has 0 unspecified atom stereocenters. The first-order valence-corrected chi connectivity index (χ1v) is 12.6. The van der Waals surface area contributed by atoms with Crippen LogP contribution in [0.5, 0.6) is 17.2 Å². The lowest BCUT2D eigenvalue weighted by molar-refractivity contribution is -0.125. The van der Waals surface area contributed by atoms with Crippen LogP contribution in [0, 0.1) is 5.82 Å². The highest BCUT2D eigenvalue weighted by Crippen LogP contribution is 2.29. The quantitative estimate of drug-likeness (QED) is 0.525. The number of halogens is 1. The van der Waals surface area contributed by atoms with Crippen LogP contribution in [0.2, 0.25) is 0 Å². The zero-order chi connectivity index (χ0) is 27.4. The number of nitrogens with zero attached hydrogens (tertiary/aromatic N) is 1. The van der Waals surface area contributed by atoms with Gasteiger partial charge in [-0.3, -0.25) is 14.4 Å². The molecule has 2 heterocycles. The summed E-state index contributed by atoms with van der Waals surface area (Å²) in [6, 6.07) is 17.2. The smallest absolute Gasteiger partial charge is 0.258 e. The first-order valence-electron chi connectivity index (χ1n) is 12.6. The van der Waals surface area contributed by atoms with E-state index >= 15 is 0 Å². The maximum atomic E-state index is 14.5. The van der Waals surface area contributed by atoms with E-state index in [-0.39, 0.29) is 42.7 Å². The first-order chi connectivity index (χ1) is 18.9. The van der Waals surface area contributed by atoms with Crippen molar-refractivity contribution in [3.63, 3.8) is 0 Å². The van der Waals surface area contributed by atoms with Gasteiger partial charge in [0.15, 0.2) is 18.1 Å². The van der Waals surface area contributed by atoms with Crippen molar-refractivity contribution in [3.8, 4) is 17.2 Å². The SMILES string of the molecule is COc1ccc2cc1OCC(=O)N[C@@H]1CN(C(=O)c3ccccc3)CC[C@@H]1Oc1cc(F)cc(c1)CNC2=O. The van der Waals surface area contributed by atoms with Gasteiger partial charge in [-0.2, -0.15) is 0 Å². The van der Waals surface area contributed by atoms with E-state index in [1.54, 1.807) is 47.4 Å². The van der Waals surface area contributed by atoms with Gasteiger partial charge in [-0.15, -0.1) is 0 Å². The second kappa shape index (κ2) is 11.4. The number of amides is 3. The minimum Gasteiger partial charge on any atom is -0.493 e. The third-order valence-corrected chi connectivity index (χ3v) is 6.66. The van der Waals surface area contributed by atoms with Crippen molar-refractivity contribution in [3.05, 3.63) is 89.2 Å². The Morgan fingerprint density at radius 1 is 1.08 bits per heavy atom. The Balaban J connectivity index is 1.44. The molecule has 0 spiro atoms. The van der Waals surface area contributed by atoms with Gasteiger partial charge < -0.3 is 29.7 Å². The Morgan fingerprint density at radius 3 is 2.69 bits per heavy atom. The van der Waals surface area contributed by atoms with E-state index in [9.17, 15) is 18.8 Å². The van der Waals surface area contributed by atoms with Gasteiger partial charge in [0.2, 0.25) is 0 Å². The van der Waals surface area contributed by atoms with Crippen molar-refractivity contribution in [1.82, 2.24) is 15.5 Å². The van der Waals surface area contributed by atoms with Crippen molar-refractivity contribution in [2.75, 3.05) is 26.8 Å². The van der Waals surface area contributed by atoms with Gasteiger partial charge in [-0.25, -0.2) is 4.39 Å². The molecule has 39 heavy (non-hydrogen) atoms. The summed E-state index contributed by atoms with van der Waals surface area (Å²) in [5.41, 5.74) is 1.34. The average molecular weight is 534 g/mol. The van der Waals surface area contributed by atoms with E-state index in [0.29, 0.717) is 29.8 Å². The molecule has 10 heteroatoms. The molecule has 2 N–H and O–H groups in total. The number of piperidine rings is 1. The van der Waals surface area contributed by atoms with Crippen LogP contribution in [0.4, 0.5) is 4.39 Å². The van der Waals surface area contributed by atoms with Crippen LogP contribution in [0.15, 0.2) is 66.7 Å². The van der Waals surface area contributed by atoms with Crippen LogP contribution in [0.25, 0.3) is 0 Å². The summed E-state index contributed by atoms with van der Waals surface area (Å²) in [4.78, 5) is 40.5. The highest BCUT2D eigenvalue weighted by molar-refractivity contribution is 5.95. The molecule has 2 aliphatic rings. The molecule has 3 aromatic rings. The van der Waals surface area contributed by atoms with Crippen LogP contribution >= 0.6 is 0 Å². The molecular weight excluding hydrogens is 505 g/mol. The fourth-order valence-corrected chi connectivity index (χ4v) is 4.73. The van der Waals surface area contributed by atoms with Crippen LogP contribution < -0.4 is 24.8 Å². The van der Waals surface area contributed by atoms with Crippen LogP contribution in [-0.2, 0) is 11.3 Å². The lowest BCUT2D eigenvalue weighted by atomic mass is 10.0. The summed E-state index contributed by atoms with van der Waals surface area (Å²) in [6.07, 6.45) is -0.133. The van der Waals surface area contributed by atoms with E-state index in [2.05, 4.69) is 10.6 Å². The fraction of sp³-hybridized carbons (Fsp3) is 0.276. The number of methoxy groups -OCH3 is 1. The van der Waals surface area contributed by atoms with E-state index < -0.39 is 29.8 Å². The average Bonchev–Trinajstić information content (AvgIpc) is 2.95. The number of rotatable bonds is 2. The molecule has 5 rings (SSSR count). The number of carbonyl (C=O) groups is 3. The molecule has 1 fully saturated rings. The summed E-state index contributed by atoms with van der Waals surface area (Å²) in [7, 11) is 1.46. The maximum Gasteiger partial charge on any atom is 0.258 e. The molecule has 3 amide bonds.